The number of nitrogens with one attached hydrogen (secondary N) is 1. The zero-order valence-corrected chi connectivity index (χ0v) is 10.6. The van der Waals surface area contributed by atoms with Gasteiger partial charge in [-0.3, -0.25) is 0 Å². The molecule has 1 spiro atoms. The van der Waals surface area contributed by atoms with E-state index >= 15 is 0 Å². The number of hydrogen-bond donors (Lipinski definition) is 1. The highest BCUT2D eigenvalue weighted by Gasteiger charge is 2.41. The van der Waals surface area contributed by atoms with Crippen LogP contribution in [0.15, 0.2) is 0 Å². The Kier molecular flexibility index (Phi) is 4.35. The van der Waals surface area contributed by atoms with Gasteiger partial charge in [0.25, 0.3) is 0 Å². The summed E-state index contributed by atoms with van der Waals surface area (Å²) in [6.45, 7) is 2.18. The molecule has 3 heteroatoms. The van der Waals surface area contributed by atoms with Crippen molar-refractivity contribution in [3.05, 3.63) is 0 Å². The van der Waals surface area contributed by atoms with E-state index in [1.54, 1.807) is 0 Å². The van der Waals surface area contributed by atoms with Crippen molar-refractivity contribution in [2.75, 3.05) is 25.1 Å². The van der Waals surface area contributed by atoms with Crippen molar-refractivity contribution in [3.8, 4) is 0 Å². The summed E-state index contributed by atoms with van der Waals surface area (Å²) in [5.41, 5.74) is 0.311. The van der Waals surface area contributed by atoms with E-state index in [1.807, 2.05) is 11.8 Å². The van der Waals surface area contributed by atoms with E-state index in [-0.39, 0.29) is 0 Å². The van der Waals surface area contributed by atoms with Crippen molar-refractivity contribution in [2.24, 2.45) is 0 Å². The Morgan fingerprint density at radius 2 is 2.13 bits per heavy atom. The van der Waals surface area contributed by atoms with Gasteiger partial charge in [0.05, 0.1) is 11.7 Å². The van der Waals surface area contributed by atoms with Gasteiger partial charge in [-0.25, -0.2) is 0 Å². The molecule has 0 amide bonds. The Morgan fingerprint density at radius 3 is 2.87 bits per heavy atom. The van der Waals surface area contributed by atoms with E-state index in [4.69, 9.17) is 4.74 Å². The molecule has 0 radical (unpaired) electrons. The van der Waals surface area contributed by atoms with Crippen LogP contribution in [0.25, 0.3) is 0 Å². The minimum absolute atomic E-state index is 0.311. The summed E-state index contributed by atoms with van der Waals surface area (Å²) in [6.07, 6.45) is 10.6. The molecule has 1 heterocycles. The third-order valence-electron chi connectivity index (χ3n) is 3.71. The molecule has 0 aromatic rings. The lowest BCUT2D eigenvalue weighted by molar-refractivity contribution is -0.0348. The Balaban J connectivity index is 1.64. The molecule has 2 rings (SSSR count). The third-order valence-corrected chi connectivity index (χ3v) is 4.32. The lowest BCUT2D eigenvalue weighted by atomic mass is 9.98. The normalized spacial score (nSPS) is 29.0. The van der Waals surface area contributed by atoms with Crippen LogP contribution in [-0.4, -0.2) is 36.8 Å². The molecule has 1 aliphatic carbocycles. The molecule has 0 bridgehead atoms. The van der Waals surface area contributed by atoms with Gasteiger partial charge in [-0.1, -0.05) is 12.8 Å². The van der Waals surface area contributed by atoms with Crippen molar-refractivity contribution in [1.82, 2.24) is 5.32 Å². The van der Waals surface area contributed by atoms with Crippen LogP contribution in [0.4, 0.5) is 0 Å². The summed E-state index contributed by atoms with van der Waals surface area (Å²) >= 11 is 1.90. The van der Waals surface area contributed by atoms with Crippen LogP contribution in [0.2, 0.25) is 0 Å². The highest BCUT2D eigenvalue weighted by atomic mass is 32.2. The molecule has 2 nitrogen and oxygen atoms in total. The van der Waals surface area contributed by atoms with Gasteiger partial charge in [0.1, 0.15) is 0 Å². The van der Waals surface area contributed by atoms with Crippen molar-refractivity contribution in [3.63, 3.8) is 0 Å². The van der Waals surface area contributed by atoms with Gasteiger partial charge < -0.3 is 10.1 Å². The molecule has 1 saturated heterocycles. The van der Waals surface area contributed by atoms with E-state index in [1.165, 1.54) is 44.3 Å². The first-order chi connectivity index (χ1) is 7.35. The molecule has 1 saturated carbocycles. The predicted octanol–water partition coefficient (Wildman–Crippen LogP) is 2.43. The zero-order valence-electron chi connectivity index (χ0n) is 9.76. The Bertz CT molecular complexity index is 192. The maximum atomic E-state index is 6.22. The molecular weight excluding hydrogens is 206 g/mol. The molecular formula is C12H23NOS. The van der Waals surface area contributed by atoms with Gasteiger partial charge in [-0.15, -0.1) is 0 Å². The van der Waals surface area contributed by atoms with Crippen LogP contribution in [0, 0.1) is 0 Å². The second-order valence-corrected chi connectivity index (χ2v) is 5.85. The molecule has 1 aliphatic heterocycles. The average molecular weight is 229 g/mol. The molecule has 1 unspecified atom stereocenters. The fourth-order valence-corrected chi connectivity index (χ4v) is 3.21. The van der Waals surface area contributed by atoms with Crippen molar-refractivity contribution >= 4 is 11.8 Å². The summed E-state index contributed by atoms with van der Waals surface area (Å²) in [5, 5.41) is 3.49. The van der Waals surface area contributed by atoms with E-state index in [2.05, 4.69) is 11.6 Å². The van der Waals surface area contributed by atoms with Gasteiger partial charge in [-0.05, 0) is 31.9 Å². The summed E-state index contributed by atoms with van der Waals surface area (Å²) in [5.74, 6) is 1.21. The van der Waals surface area contributed by atoms with E-state index in [0.717, 1.165) is 13.1 Å². The Labute approximate surface area is 97.5 Å². The summed E-state index contributed by atoms with van der Waals surface area (Å²) < 4.78 is 6.22. The van der Waals surface area contributed by atoms with Gasteiger partial charge >= 0.3 is 0 Å². The second kappa shape index (κ2) is 5.55. The minimum atomic E-state index is 0.311. The smallest absolute Gasteiger partial charge is 0.0708 e. The van der Waals surface area contributed by atoms with E-state index in [9.17, 15) is 0 Å². The van der Waals surface area contributed by atoms with Gasteiger partial charge in [0, 0.05) is 18.8 Å². The molecule has 1 atom stereocenters. The van der Waals surface area contributed by atoms with Crippen LogP contribution < -0.4 is 5.32 Å². The fourth-order valence-electron chi connectivity index (χ4n) is 2.86. The third kappa shape index (κ3) is 3.11. The van der Waals surface area contributed by atoms with Gasteiger partial charge in [0.2, 0.25) is 0 Å². The highest BCUT2D eigenvalue weighted by molar-refractivity contribution is 7.98. The monoisotopic (exact) mass is 229 g/mol. The molecule has 2 aliphatic rings. The largest absolute Gasteiger partial charge is 0.370 e. The summed E-state index contributed by atoms with van der Waals surface area (Å²) in [6, 6.07) is 0. The SMILES string of the molecule is CSCCNCC1CCC2(CCCC2)O1. The van der Waals surface area contributed by atoms with Gasteiger partial charge in [0.15, 0.2) is 0 Å². The fraction of sp³-hybridized carbons (Fsp3) is 1.00. The quantitative estimate of drug-likeness (QED) is 0.732. The number of thioether (sulfide) groups is 1. The van der Waals surface area contributed by atoms with Gasteiger partial charge in [-0.2, -0.15) is 11.8 Å². The minimum Gasteiger partial charge on any atom is -0.370 e. The number of rotatable bonds is 5. The molecule has 2 fully saturated rings. The van der Waals surface area contributed by atoms with Crippen molar-refractivity contribution in [2.45, 2.75) is 50.2 Å². The van der Waals surface area contributed by atoms with E-state index < -0.39 is 0 Å². The topological polar surface area (TPSA) is 21.3 Å². The average Bonchev–Trinajstić information content (AvgIpc) is 2.85. The van der Waals surface area contributed by atoms with E-state index in [0.29, 0.717) is 11.7 Å². The standard InChI is InChI=1S/C12H23NOS/c1-15-9-8-13-10-11-4-7-12(14-11)5-2-3-6-12/h11,13H,2-10H2,1H3. The number of ether oxygens (including phenoxy) is 1. The van der Waals surface area contributed by atoms with Crippen molar-refractivity contribution < 1.29 is 4.74 Å². The predicted molar refractivity (Wildman–Crippen MR) is 66.6 cm³/mol. The summed E-state index contributed by atoms with van der Waals surface area (Å²) in [4.78, 5) is 0. The second-order valence-electron chi connectivity index (χ2n) is 4.87. The maximum Gasteiger partial charge on any atom is 0.0708 e. The molecule has 15 heavy (non-hydrogen) atoms. The zero-order chi connectivity index (χ0) is 10.6. The molecule has 0 aromatic carbocycles. The lowest BCUT2D eigenvalue weighted by Crippen LogP contribution is -2.31. The summed E-state index contributed by atoms with van der Waals surface area (Å²) in [7, 11) is 0. The highest BCUT2D eigenvalue weighted by Crippen LogP contribution is 2.42. The molecule has 0 aromatic heterocycles. The first-order valence-corrected chi connectivity index (χ1v) is 7.61. The Hall–Kier alpha value is 0.270. The van der Waals surface area contributed by atoms with Crippen LogP contribution in [0.3, 0.4) is 0 Å². The van der Waals surface area contributed by atoms with Crippen LogP contribution in [0.5, 0.6) is 0 Å². The number of hydrogen-bond acceptors (Lipinski definition) is 3. The van der Waals surface area contributed by atoms with Crippen LogP contribution in [-0.2, 0) is 4.74 Å². The first kappa shape index (κ1) is 11.7. The maximum absolute atomic E-state index is 6.22. The first-order valence-electron chi connectivity index (χ1n) is 6.22. The van der Waals surface area contributed by atoms with Crippen molar-refractivity contribution in [1.29, 1.82) is 0 Å². The van der Waals surface area contributed by atoms with Crippen LogP contribution >= 0.6 is 11.8 Å². The van der Waals surface area contributed by atoms with Crippen LogP contribution in [0.1, 0.15) is 38.5 Å². The Morgan fingerprint density at radius 1 is 1.33 bits per heavy atom. The lowest BCUT2D eigenvalue weighted by Gasteiger charge is -2.23. The molecule has 88 valence electrons. The molecule has 1 N–H and O–H groups in total.